The van der Waals surface area contributed by atoms with Crippen molar-refractivity contribution in [2.75, 3.05) is 46.8 Å². The van der Waals surface area contributed by atoms with Crippen LogP contribution in [0.15, 0.2) is 0 Å². The van der Waals surface area contributed by atoms with Crippen LogP contribution in [0.4, 0.5) is 0 Å². The molecule has 0 heterocycles. The van der Waals surface area contributed by atoms with Gasteiger partial charge in [0.1, 0.15) is 0 Å². The summed E-state index contributed by atoms with van der Waals surface area (Å²) in [5.74, 6) is 0. The van der Waals surface area contributed by atoms with Crippen molar-refractivity contribution in [2.45, 2.75) is 25.8 Å². The van der Waals surface area contributed by atoms with Gasteiger partial charge in [-0.15, -0.1) is 0 Å². The van der Waals surface area contributed by atoms with Crippen LogP contribution in [0.5, 0.6) is 0 Å². The summed E-state index contributed by atoms with van der Waals surface area (Å²) in [6.07, 6.45) is 2.50. The highest BCUT2D eigenvalue weighted by Crippen LogP contribution is 1.93. The molecule has 0 aromatic carbocycles. The molecule has 16 heavy (non-hydrogen) atoms. The monoisotopic (exact) mass is 248 g/mol. The molecule has 96 valence electrons. The third kappa shape index (κ3) is 14.1. The standard InChI is InChI=1S/C11H24O4Si/c1-3-4-11-16-15-10-9-14-8-7-13-6-5-12-2/h3-11H2,1-2H3. The first kappa shape index (κ1) is 16.1. The number of unbranched alkanes of at least 4 members (excludes halogenated alkanes) is 1. The molecule has 0 aromatic heterocycles. The van der Waals surface area contributed by atoms with Crippen molar-refractivity contribution in [1.29, 1.82) is 0 Å². The summed E-state index contributed by atoms with van der Waals surface area (Å²) in [6, 6.07) is 1.18. The Balaban J connectivity index is 2.83. The Hall–Kier alpha value is 0.0569. The van der Waals surface area contributed by atoms with Crippen molar-refractivity contribution in [3.8, 4) is 0 Å². The van der Waals surface area contributed by atoms with E-state index in [0.717, 1.165) is 0 Å². The molecule has 0 spiro atoms. The van der Waals surface area contributed by atoms with Gasteiger partial charge in [0.25, 0.3) is 0 Å². The molecule has 0 unspecified atom stereocenters. The largest absolute Gasteiger partial charge is 0.415 e. The van der Waals surface area contributed by atoms with Gasteiger partial charge in [0, 0.05) is 7.11 Å². The lowest BCUT2D eigenvalue weighted by Gasteiger charge is -2.05. The average Bonchev–Trinajstić information content (AvgIpc) is 2.31. The second-order valence-electron chi connectivity index (χ2n) is 3.31. The maximum Gasteiger partial charge on any atom is 0.229 e. The van der Waals surface area contributed by atoms with Crippen LogP contribution in [0.2, 0.25) is 6.04 Å². The average molecular weight is 248 g/mol. The Kier molecular flexibility index (Phi) is 15.1. The molecule has 0 aliphatic carbocycles. The van der Waals surface area contributed by atoms with E-state index in [9.17, 15) is 0 Å². The van der Waals surface area contributed by atoms with Crippen LogP contribution < -0.4 is 0 Å². The lowest BCUT2D eigenvalue weighted by atomic mass is 10.4. The number of hydrogen-bond acceptors (Lipinski definition) is 4. The Morgan fingerprint density at radius 1 is 0.875 bits per heavy atom. The maximum absolute atomic E-state index is 5.42. The predicted molar refractivity (Wildman–Crippen MR) is 64.9 cm³/mol. The first-order chi connectivity index (χ1) is 7.91. The van der Waals surface area contributed by atoms with Gasteiger partial charge in [-0.05, 0) is 6.04 Å². The normalized spacial score (nSPS) is 10.9. The summed E-state index contributed by atoms with van der Waals surface area (Å²) in [6.45, 7) is 6.08. The topological polar surface area (TPSA) is 36.9 Å². The van der Waals surface area contributed by atoms with Crippen molar-refractivity contribution < 1.29 is 18.6 Å². The SMILES string of the molecule is CCCC[Si]OCCOCCOCCOC. The minimum Gasteiger partial charge on any atom is -0.415 e. The molecule has 0 fully saturated rings. The zero-order valence-electron chi connectivity index (χ0n) is 10.5. The third-order valence-electron chi connectivity index (χ3n) is 1.87. The summed E-state index contributed by atoms with van der Waals surface area (Å²) in [5.41, 5.74) is 0. The lowest BCUT2D eigenvalue weighted by molar-refractivity contribution is 0.0181. The van der Waals surface area contributed by atoms with Gasteiger partial charge >= 0.3 is 0 Å². The van der Waals surface area contributed by atoms with E-state index in [1.807, 2.05) is 0 Å². The highest BCUT2D eigenvalue weighted by molar-refractivity contribution is 6.26. The van der Waals surface area contributed by atoms with Crippen LogP contribution in [0, 0.1) is 0 Å². The lowest BCUT2D eigenvalue weighted by Crippen LogP contribution is -2.12. The van der Waals surface area contributed by atoms with Crippen LogP contribution in [0.3, 0.4) is 0 Å². The second kappa shape index (κ2) is 15.1. The molecule has 0 aromatic rings. The molecule has 2 radical (unpaired) electrons. The molecule has 0 saturated carbocycles. The van der Waals surface area contributed by atoms with E-state index in [0.29, 0.717) is 49.4 Å². The van der Waals surface area contributed by atoms with Gasteiger partial charge in [-0.25, -0.2) is 0 Å². The fraction of sp³-hybridized carbons (Fsp3) is 1.00. The molecular formula is C11H24O4Si. The zero-order chi connectivity index (χ0) is 11.9. The number of rotatable bonds is 13. The molecule has 0 aliphatic heterocycles. The summed E-state index contributed by atoms with van der Waals surface area (Å²) in [5, 5.41) is 0. The van der Waals surface area contributed by atoms with Crippen LogP contribution in [0.1, 0.15) is 19.8 Å². The molecule has 0 N–H and O–H groups in total. The van der Waals surface area contributed by atoms with E-state index in [1.165, 1.54) is 18.9 Å². The third-order valence-corrected chi connectivity index (χ3v) is 2.83. The molecule has 0 saturated heterocycles. The van der Waals surface area contributed by atoms with Crippen molar-refractivity contribution in [2.24, 2.45) is 0 Å². The Bertz CT molecular complexity index is 111. The quantitative estimate of drug-likeness (QED) is 0.366. The second-order valence-corrected chi connectivity index (χ2v) is 4.39. The van der Waals surface area contributed by atoms with Gasteiger partial charge in [-0.3, -0.25) is 0 Å². The number of methoxy groups -OCH3 is 1. The van der Waals surface area contributed by atoms with E-state index >= 15 is 0 Å². The molecule has 0 bridgehead atoms. The zero-order valence-corrected chi connectivity index (χ0v) is 11.5. The van der Waals surface area contributed by atoms with Gasteiger partial charge in [-0.2, -0.15) is 0 Å². The molecule has 0 rings (SSSR count). The minimum atomic E-state index is 0.623. The fourth-order valence-electron chi connectivity index (χ4n) is 0.958. The van der Waals surface area contributed by atoms with Gasteiger partial charge in [0.15, 0.2) is 0 Å². The van der Waals surface area contributed by atoms with E-state index in [1.54, 1.807) is 7.11 Å². The number of hydrogen-bond donors (Lipinski definition) is 0. The van der Waals surface area contributed by atoms with Crippen molar-refractivity contribution in [1.82, 2.24) is 0 Å². The van der Waals surface area contributed by atoms with Gasteiger partial charge in [-0.1, -0.05) is 19.8 Å². The minimum absolute atomic E-state index is 0.623. The van der Waals surface area contributed by atoms with Gasteiger partial charge < -0.3 is 18.6 Å². The Labute approximate surface area is 102 Å². The first-order valence-electron chi connectivity index (χ1n) is 5.91. The van der Waals surface area contributed by atoms with Crippen LogP contribution in [-0.4, -0.2) is 56.5 Å². The Morgan fingerprint density at radius 2 is 1.50 bits per heavy atom. The van der Waals surface area contributed by atoms with Gasteiger partial charge in [0.2, 0.25) is 9.76 Å². The summed E-state index contributed by atoms with van der Waals surface area (Å²) in [4.78, 5) is 0. The molecule has 5 heteroatoms. The fourth-order valence-corrected chi connectivity index (χ4v) is 1.83. The number of ether oxygens (including phenoxy) is 3. The molecule has 0 atom stereocenters. The molecule has 4 nitrogen and oxygen atoms in total. The van der Waals surface area contributed by atoms with Gasteiger partial charge in [0.05, 0.1) is 39.6 Å². The highest BCUT2D eigenvalue weighted by atomic mass is 28.2. The van der Waals surface area contributed by atoms with Crippen molar-refractivity contribution >= 4 is 9.76 Å². The van der Waals surface area contributed by atoms with E-state index in [-0.39, 0.29) is 0 Å². The van der Waals surface area contributed by atoms with Crippen molar-refractivity contribution in [3.63, 3.8) is 0 Å². The molecule has 0 aliphatic rings. The summed E-state index contributed by atoms with van der Waals surface area (Å²) >= 11 is 0. The molecule has 0 amide bonds. The van der Waals surface area contributed by atoms with Crippen LogP contribution in [0.25, 0.3) is 0 Å². The highest BCUT2D eigenvalue weighted by Gasteiger charge is 1.93. The van der Waals surface area contributed by atoms with Crippen LogP contribution in [-0.2, 0) is 18.6 Å². The van der Waals surface area contributed by atoms with Crippen molar-refractivity contribution in [3.05, 3.63) is 0 Å². The van der Waals surface area contributed by atoms with Crippen LogP contribution >= 0.6 is 0 Å². The Morgan fingerprint density at radius 3 is 2.12 bits per heavy atom. The van der Waals surface area contributed by atoms with E-state index in [4.69, 9.17) is 18.6 Å². The smallest absolute Gasteiger partial charge is 0.229 e. The van der Waals surface area contributed by atoms with E-state index < -0.39 is 0 Å². The predicted octanol–water partition coefficient (Wildman–Crippen LogP) is 1.52. The molecular weight excluding hydrogens is 224 g/mol. The van der Waals surface area contributed by atoms with E-state index in [2.05, 4.69) is 6.92 Å². The summed E-state index contributed by atoms with van der Waals surface area (Å²) in [7, 11) is 2.29. The first-order valence-corrected chi connectivity index (χ1v) is 7.02. The summed E-state index contributed by atoms with van der Waals surface area (Å²) < 4.78 is 20.9. The maximum atomic E-state index is 5.42.